The molecule has 3 aromatic carbocycles. The molecule has 10 heteroatoms. The minimum Gasteiger partial charge on any atom is -0.496 e. The van der Waals surface area contributed by atoms with Crippen molar-refractivity contribution in [2.45, 2.75) is 38.6 Å². The maximum absolute atomic E-state index is 14.3. The Morgan fingerprint density at radius 2 is 1.85 bits per heavy atom. The largest absolute Gasteiger partial charge is 0.496 e. The smallest absolute Gasteiger partial charge is 0.261 e. The van der Waals surface area contributed by atoms with Crippen LogP contribution in [0, 0.1) is 18.3 Å². The standard InChI is InChI=1S/C30H25Cl2N5O3/c1-15(2)36-26-25(35-27(36)20-9-6-17(14-33)11-24(20)40-4)28(38)37(23-13-19(32)7-5-16(23)3)30(26)21-10-8-18(31)12-22(21)34-29(30)39/h5-13,15,28,38H,1-4H3,(H,34,39). The molecule has 40 heavy (non-hydrogen) atoms. The molecule has 202 valence electrons. The molecule has 2 atom stereocenters. The maximum atomic E-state index is 14.3. The Morgan fingerprint density at radius 1 is 1.12 bits per heavy atom. The van der Waals surface area contributed by atoms with Gasteiger partial charge in [-0.3, -0.25) is 4.79 Å². The molecule has 2 aliphatic rings. The van der Waals surface area contributed by atoms with Gasteiger partial charge in [-0.15, -0.1) is 0 Å². The van der Waals surface area contributed by atoms with Gasteiger partial charge in [-0.05, 0) is 68.8 Å². The van der Waals surface area contributed by atoms with Gasteiger partial charge in [0.1, 0.15) is 17.3 Å². The number of carbonyl (C=O) groups excluding carboxylic acids is 1. The molecule has 0 aliphatic carbocycles. The molecule has 2 unspecified atom stereocenters. The number of ether oxygens (including phenoxy) is 1. The average Bonchev–Trinajstić information content (AvgIpc) is 3.53. The molecule has 1 amide bonds. The highest BCUT2D eigenvalue weighted by Crippen LogP contribution is 2.58. The second-order valence-electron chi connectivity index (χ2n) is 10.2. The van der Waals surface area contributed by atoms with Gasteiger partial charge in [0.2, 0.25) is 0 Å². The van der Waals surface area contributed by atoms with Gasteiger partial charge < -0.3 is 24.6 Å². The molecular weight excluding hydrogens is 549 g/mol. The van der Waals surface area contributed by atoms with E-state index in [0.717, 1.165) is 5.56 Å². The van der Waals surface area contributed by atoms with Crippen molar-refractivity contribution in [1.29, 1.82) is 5.26 Å². The van der Waals surface area contributed by atoms with E-state index in [2.05, 4.69) is 11.4 Å². The van der Waals surface area contributed by atoms with Crippen LogP contribution in [0.3, 0.4) is 0 Å². The Bertz CT molecular complexity index is 1760. The monoisotopic (exact) mass is 573 g/mol. The number of benzene rings is 3. The molecule has 2 aliphatic heterocycles. The van der Waals surface area contributed by atoms with E-state index in [4.69, 9.17) is 32.9 Å². The van der Waals surface area contributed by atoms with Crippen LogP contribution in [-0.2, 0) is 10.3 Å². The van der Waals surface area contributed by atoms with Gasteiger partial charge in [-0.2, -0.15) is 5.26 Å². The quantitative estimate of drug-likeness (QED) is 0.295. The van der Waals surface area contributed by atoms with Crippen molar-refractivity contribution in [3.63, 3.8) is 0 Å². The van der Waals surface area contributed by atoms with Crippen molar-refractivity contribution < 1.29 is 14.6 Å². The third-order valence-corrected chi connectivity index (χ3v) is 8.07. The highest BCUT2D eigenvalue weighted by molar-refractivity contribution is 6.31. The number of methoxy groups -OCH3 is 1. The SMILES string of the molecule is COc1cc(C#N)ccc1-c1nc2c(n1C(C)C)C1(C(=O)Nc3cc(Cl)ccc31)N(c1cc(Cl)ccc1C)C2O. The van der Waals surface area contributed by atoms with Crippen molar-refractivity contribution in [2.24, 2.45) is 0 Å². The van der Waals surface area contributed by atoms with Crippen LogP contribution in [0.1, 0.15) is 54.2 Å². The van der Waals surface area contributed by atoms with Crippen molar-refractivity contribution in [1.82, 2.24) is 9.55 Å². The number of fused-ring (bicyclic) bond motifs is 4. The first-order valence-corrected chi connectivity index (χ1v) is 13.4. The number of hydrogen-bond acceptors (Lipinski definition) is 6. The summed E-state index contributed by atoms with van der Waals surface area (Å²) < 4.78 is 7.61. The number of aliphatic hydroxyl groups excluding tert-OH is 1. The fourth-order valence-electron chi connectivity index (χ4n) is 5.95. The zero-order valence-electron chi connectivity index (χ0n) is 22.2. The first-order valence-electron chi connectivity index (χ1n) is 12.7. The van der Waals surface area contributed by atoms with Crippen LogP contribution in [0.4, 0.5) is 11.4 Å². The lowest BCUT2D eigenvalue weighted by molar-refractivity contribution is -0.120. The van der Waals surface area contributed by atoms with Crippen molar-refractivity contribution >= 4 is 40.5 Å². The summed E-state index contributed by atoms with van der Waals surface area (Å²) in [4.78, 5) is 21.0. The number of rotatable bonds is 4. The second kappa shape index (κ2) is 9.27. The van der Waals surface area contributed by atoms with Gasteiger partial charge in [0.25, 0.3) is 5.91 Å². The predicted octanol–water partition coefficient (Wildman–Crippen LogP) is 6.33. The number of aliphatic hydroxyl groups is 1. The average molecular weight is 574 g/mol. The zero-order valence-corrected chi connectivity index (χ0v) is 23.7. The van der Waals surface area contributed by atoms with E-state index in [0.29, 0.717) is 61.1 Å². The number of anilines is 2. The maximum Gasteiger partial charge on any atom is 0.261 e. The topological polar surface area (TPSA) is 103 Å². The molecule has 0 fully saturated rings. The fourth-order valence-corrected chi connectivity index (χ4v) is 6.29. The molecule has 8 nitrogen and oxygen atoms in total. The number of nitrogens with zero attached hydrogens (tertiary/aromatic N) is 4. The number of carbonyl (C=O) groups is 1. The van der Waals surface area contributed by atoms with Crippen LogP contribution in [-0.4, -0.2) is 27.7 Å². The van der Waals surface area contributed by atoms with Gasteiger partial charge in [-0.1, -0.05) is 35.3 Å². The number of halogens is 2. The predicted molar refractivity (Wildman–Crippen MR) is 154 cm³/mol. The van der Waals surface area contributed by atoms with Crippen LogP contribution in [0.25, 0.3) is 11.4 Å². The molecule has 0 radical (unpaired) electrons. The molecule has 1 aromatic heterocycles. The van der Waals surface area contributed by atoms with Crippen LogP contribution in [0.15, 0.2) is 54.6 Å². The Morgan fingerprint density at radius 3 is 2.55 bits per heavy atom. The Hall–Kier alpha value is -4.03. The number of amides is 1. The van der Waals surface area contributed by atoms with Crippen LogP contribution >= 0.6 is 23.2 Å². The summed E-state index contributed by atoms with van der Waals surface area (Å²) in [5.74, 6) is 0.623. The summed E-state index contributed by atoms with van der Waals surface area (Å²) in [6, 6.07) is 17.7. The molecule has 1 spiro atoms. The molecule has 0 bridgehead atoms. The van der Waals surface area contributed by atoms with E-state index >= 15 is 0 Å². The lowest BCUT2D eigenvalue weighted by Gasteiger charge is -2.39. The lowest BCUT2D eigenvalue weighted by Crippen LogP contribution is -2.50. The molecule has 0 saturated carbocycles. The number of aromatic nitrogens is 2. The number of imidazole rings is 1. The summed E-state index contributed by atoms with van der Waals surface area (Å²) >= 11 is 12.8. The minimum atomic E-state index is -1.49. The molecule has 3 heterocycles. The van der Waals surface area contributed by atoms with E-state index in [-0.39, 0.29) is 11.9 Å². The van der Waals surface area contributed by atoms with E-state index in [1.54, 1.807) is 47.4 Å². The third-order valence-electron chi connectivity index (χ3n) is 7.60. The summed E-state index contributed by atoms with van der Waals surface area (Å²) in [6.07, 6.45) is -1.29. The van der Waals surface area contributed by atoms with Crippen molar-refractivity contribution in [3.05, 3.63) is 92.7 Å². The second-order valence-corrected chi connectivity index (χ2v) is 11.1. The van der Waals surface area contributed by atoms with Crippen LogP contribution in [0.5, 0.6) is 5.75 Å². The molecule has 0 saturated heterocycles. The Kier molecular flexibility index (Phi) is 6.07. The van der Waals surface area contributed by atoms with E-state index in [9.17, 15) is 15.2 Å². The van der Waals surface area contributed by atoms with E-state index in [1.807, 2.05) is 37.5 Å². The van der Waals surface area contributed by atoms with Gasteiger partial charge in [0, 0.05) is 33.0 Å². The summed E-state index contributed by atoms with van der Waals surface area (Å²) in [7, 11) is 1.53. The number of nitriles is 1. The Balaban J connectivity index is 1.73. The first kappa shape index (κ1) is 26.2. The number of nitrogens with one attached hydrogen (secondary N) is 1. The van der Waals surface area contributed by atoms with Crippen molar-refractivity contribution in [3.8, 4) is 23.2 Å². The minimum absolute atomic E-state index is 0.180. The van der Waals surface area contributed by atoms with Gasteiger partial charge >= 0.3 is 0 Å². The van der Waals surface area contributed by atoms with Crippen molar-refractivity contribution in [2.75, 3.05) is 17.3 Å². The molecule has 2 N–H and O–H groups in total. The number of hydrogen-bond donors (Lipinski definition) is 2. The summed E-state index contributed by atoms with van der Waals surface area (Å²) in [5, 5.41) is 25.4. The van der Waals surface area contributed by atoms with Gasteiger partial charge in [0.05, 0.1) is 30.0 Å². The summed E-state index contributed by atoms with van der Waals surface area (Å²) in [6.45, 7) is 5.89. The molecule has 4 aromatic rings. The highest BCUT2D eigenvalue weighted by Gasteiger charge is 2.64. The van der Waals surface area contributed by atoms with E-state index in [1.165, 1.54) is 7.11 Å². The summed E-state index contributed by atoms with van der Waals surface area (Å²) in [5.41, 5.74) is 3.08. The van der Waals surface area contributed by atoms with E-state index < -0.39 is 11.8 Å². The number of aryl methyl sites for hydroxylation is 1. The Labute approximate surface area is 241 Å². The normalized spacial score (nSPS) is 19.1. The van der Waals surface area contributed by atoms with Crippen LogP contribution < -0.4 is 15.0 Å². The highest BCUT2D eigenvalue weighted by atomic mass is 35.5. The molecule has 6 rings (SSSR count). The first-order chi connectivity index (χ1) is 19.1. The molecular formula is C30H25Cl2N5O3. The third kappa shape index (κ3) is 3.48. The van der Waals surface area contributed by atoms with Gasteiger partial charge in [0.15, 0.2) is 11.8 Å². The lowest BCUT2D eigenvalue weighted by atomic mass is 9.86. The zero-order chi connectivity index (χ0) is 28.5. The van der Waals surface area contributed by atoms with Gasteiger partial charge in [-0.25, -0.2) is 4.98 Å². The fraction of sp³-hybridized carbons (Fsp3) is 0.233. The van der Waals surface area contributed by atoms with Crippen LogP contribution in [0.2, 0.25) is 10.0 Å².